The molecule has 3 aromatic rings. The average Bonchev–Trinajstić information content (AvgIpc) is 2.91. The van der Waals surface area contributed by atoms with E-state index in [9.17, 15) is 9.59 Å². The zero-order chi connectivity index (χ0) is 22.0. The summed E-state index contributed by atoms with van der Waals surface area (Å²) in [4.78, 5) is 25.8. The van der Waals surface area contributed by atoms with Crippen molar-refractivity contribution in [3.63, 3.8) is 0 Å². The fraction of sp³-hybridized carbons (Fsp3) is 0.273. The van der Waals surface area contributed by atoms with Gasteiger partial charge in [0.05, 0.1) is 17.4 Å². The van der Waals surface area contributed by atoms with E-state index in [4.69, 9.17) is 23.2 Å². The summed E-state index contributed by atoms with van der Waals surface area (Å²) < 4.78 is 3.25. The second kappa shape index (κ2) is 9.08. The number of aromatic nitrogens is 2. The topological polar surface area (TPSA) is 68.1 Å². The molecule has 30 heavy (non-hydrogen) atoms. The minimum Gasteiger partial charge on any atom is -0.319 e. The van der Waals surface area contributed by atoms with Crippen LogP contribution in [0.5, 0.6) is 0 Å². The van der Waals surface area contributed by atoms with Gasteiger partial charge < -0.3 is 5.32 Å². The van der Waals surface area contributed by atoms with Crippen molar-refractivity contribution < 1.29 is 4.79 Å². The Morgan fingerprint density at radius 1 is 1.07 bits per heavy atom. The van der Waals surface area contributed by atoms with Crippen LogP contribution in [0.2, 0.25) is 10.0 Å². The number of anilines is 1. The van der Waals surface area contributed by atoms with Gasteiger partial charge in [-0.1, -0.05) is 47.5 Å². The van der Waals surface area contributed by atoms with Gasteiger partial charge in [-0.25, -0.2) is 4.68 Å². The quantitative estimate of drug-likeness (QED) is 0.586. The van der Waals surface area contributed by atoms with Crippen LogP contribution in [0.25, 0.3) is 5.69 Å². The lowest BCUT2D eigenvalue weighted by Gasteiger charge is -2.20. The number of rotatable bonds is 6. The highest BCUT2D eigenvalue weighted by molar-refractivity contribution is 6.35. The van der Waals surface area contributed by atoms with E-state index in [0.29, 0.717) is 15.7 Å². The van der Waals surface area contributed by atoms with Crippen LogP contribution in [-0.4, -0.2) is 21.3 Å². The minimum absolute atomic E-state index is 0.187. The summed E-state index contributed by atoms with van der Waals surface area (Å²) in [7, 11) is 1.78. The molecule has 0 aliphatic carbocycles. The Morgan fingerprint density at radius 2 is 1.73 bits per heavy atom. The van der Waals surface area contributed by atoms with Crippen LogP contribution in [0.4, 0.5) is 5.69 Å². The molecule has 0 spiro atoms. The molecule has 3 rings (SSSR count). The molecular weight excluding hydrogens is 423 g/mol. The third-order valence-corrected chi connectivity index (χ3v) is 5.69. The number of carbonyl (C=O) groups is 1. The first-order chi connectivity index (χ1) is 14.2. The normalized spacial score (nSPS) is 13.1. The number of hydrogen-bond acceptors (Lipinski definition) is 3. The zero-order valence-electron chi connectivity index (χ0n) is 17.2. The van der Waals surface area contributed by atoms with Crippen molar-refractivity contribution in [3.05, 3.63) is 80.2 Å². The number of halogens is 2. The van der Waals surface area contributed by atoms with E-state index in [-0.39, 0.29) is 23.2 Å². The lowest BCUT2D eigenvalue weighted by molar-refractivity contribution is -0.117. The highest BCUT2D eigenvalue weighted by Crippen LogP contribution is 2.26. The van der Waals surface area contributed by atoms with Crippen LogP contribution in [0.15, 0.2) is 53.3 Å². The number of amides is 1. The van der Waals surface area contributed by atoms with Crippen LogP contribution < -0.4 is 16.2 Å². The largest absolute Gasteiger partial charge is 0.319 e. The Labute approximate surface area is 185 Å². The molecular formula is C22H24Cl2N4O2. The van der Waals surface area contributed by atoms with E-state index in [1.165, 1.54) is 4.68 Å². The van der Waals surface area contributed by atoms with Gasteiger partial charge in [-0.3, -0.25) is 19.6 Å². The first-order valence-corrected chi connectivity index (χ1v) is 10.3. The molecule has 158 valence electrons. The van der Waals surface area contributed by atoms with Gasteiger partial charge in [-0.05, 0) is 50.6 Å². The molecule has 0 saturated heterocycles. The van der Waals surface area contributed by atoms with Gasteiger partial charge in [0.2, 0.25) is 5.91 Å². The maximum atomic E-state index is 13.0. The molecule has 0 radical (unpaired) electrons. The van der Waals surface area contributed by atoms with Gasteiger partial charge in [0.25, 0.3) is 5.56 Å². The van der Waals surface area contributed by atoms with Crippen molar-refractivity contribution in [3.8, 4) is 5.69 Å². The highest BCUT2D eigenvalue weighted by atomic mass is 35.5. The van der Waals surface area contributed by atoms with Crippen LogP contribution >= 0.6 is 23.2 Å². The maximum Gasteiger partial charge on any atom is 0.295 e. The van der Waals surface area contributed by atoms with Gasteiger partial charge >= 0.3 is 0 Å². The van der Waals surface area contributed by atoms with Gasteiger partial charge in [-0.15, -0.1) is 0 Å². The predicted octanol–water partition coefficient (Wildman–Crippen LogP) is 4.47. The van der Waals surface area contributed by atoms with Crippen LogP contribution in [-0.2, 0) is 11.8 Å². The first-order valence-electron chi connectivity index (χ1n) is 9.56. The SMILES string of the molecule is Cc1c(NC(=O)[C@H](C)N[C@@H](C)c2ccc(Cl)cc2Cl)c(=O)n(-c2ccccc2)n1C. The van der Waals surface area contributed by atoms with Crippen molar-refractivity contribution in [2.75, 3.05) is 5.32 Å². The molecule has 2 aromatic carbocycles. The Balaban J connectivity index is 1.78. The van der Waals surface area contributed by atoms with Gasteiger partial charge in [0.15, 0.2) is 0 Å². The summed E-state index contributed by atoms with van der Waals surface area (Å²) in [5.74, 6) is -0.307. The van der Waals surface area contributed by atoms with Crippen molar-refractivity contribution in [2.45, 2.75) is 32.9 Å². The number of nitrogens with zero attached hydrogens (tertiary/aromatic N) is 2. The average molecular weight is 447 g/mol. The molecule has 6 nitrogen and oxygen atoms in total. The molecule has 2 N–H and O–H groups in total. The number of benzene rings is 2. The second-order valence-electron chi connectivity index (χ2n) is 7.20. The number of para-hydroxylation sites is 1. The zero-order valence-corrected chi connectivity index (χ0v) is 18.8. The first kappa shape index (κ1) is 22.2. The van der Waals surface area contributed by atoms with Crippen LogP contribution in [0, 0.1) is 6.92 Å². The van der Waals surface area contributed by atoms with E-state index in [1.807, 2.05) is 43.3 Å². The molecule has 0 fully saturated rings. The lowest BCUT2D eigenvalue weighted by Crippen LogP contribution is -2.40. The smallest absolute Gasteiger partial charge is 0.295 e. The number of nitrogens with one attached hydrogen (secondary N) is 2. The molecule has 0 unspecified atom stereocenters. The van der Waals surface area contributed by atoms with E-state index in [0.717, 1.165) is 11.3 Å². The van der Waals surface area contributed by atoms with Gasteiger partial charge in [0, 0.05) is 23.1 Å². The molecule has 0 aliphatic rings. The Kier molecular flexibility index (Phi) is 6.71. The monoisotopic (exact) mass is 446 g/mol. The van der Waals surface area contributed by atoms with E-state index < -0.39 is 6.04 Å². The number of hydrogen-bond donors (Lipinski definition) is 2. The summed E-state index contributed by atoms with van der Waals surface area (Å²) in [5, 5.41) is 7.07. The Bertz CT molecular complexity index is 1120. The van der Waals surface area contributed by atoms with Crippen molar-refractivity contribution in [1.29, 1.82) is 0 Å². The minimum atomic E-state index is -0.559. The molecule has 0 saturated carbocycles. The molecule has 8 heteroatoms. The Morgan fingerprint density at radius 3 is 2.37 bits per heavy atom. The van der Waals surface area contributed by atoms with Crippen molar-refractivity contribution in [2.24, 2.45) is 7.05 Å². The van der Waals surface area contributed by atoms with Crippen molar-refractivity contribution in [1.82, 2.24) is 14.7 Å². The summed E-state index contributed by atoms with van der Waals surface area (Å²) in [6.07, 6.45) is 0. The summed E-state index contributed by atoms with van der Waals surface area (Å²) in [6.45, 7) is 5.45. The molecule has 1 amide bonds. The molecule has 0 aliphatic heterocycles. The summed E-state index contributed by atoms with van der Waals surface area (Å²) in [6, 6.07) is 13.8. The van der Waals surface area contributed by atoms with E-state index in [2.05, 4.69) is 10.6 Å². The summed E-state index contributed by atoms with van der Waals surface area (Å²) >= 11 is 12.2. The third kappa shape index (κ3) is 4.46. The second-order valence-corrected chi connectivity index (χ2v) is 8.05. The molecule has 0 bridgehead atoms. The number of carbonyl (C=O) groups excluding carboxylic acids is 1. The standard InChI is InChI=1S/C22H24Cl2N4O2/c1-13(18-11-10-16(23)12-19(18)24)25-14(2)21(29)26-20-15(3)27(4)28(22(20)30)17-8-6-5-7-9-17/h5-14,25H,1-4H3,(H,26,29)/t13-,14-/m0/s1. The summed E-state index contributed by atoms with van der Waals surface area (Å²) in [5.41, 5.74) is 2.21. The molecule has 1 aromatic heterocycles. The third-order valence-electron chi connectivity index (χ3n) is 5.12. The Hall–Kier alpha value is -2.54. The van der Waals surface area contributed by atoms with Gasteiger partial charge in [0.1, 0.15) is 5.69 Å². The fourth-order valence-electron chi connectivity index (χ4n) is 3.34. The van der Waals surface area contributed by atoms with Crippen molar-refractivity contribution >= 4 is 34.8 Å². The predicted molar refractivity (Wildman–Crippen MR) is 122 cm³/mol. The van der Waals surface area contributed by atoms with E-state index >= 15 is 0 Å². The lowest BCUT2D eigenvalue weighted by atomic mass is 10.1. The van der Waals surface area contributed by atoms with Crippen LogP contribution in [0.1, 0.15) is 31.1 Å². The molecule has 1 heterocycles. The van der Waals surface area contributed by atoms with Crippen LogP contribution in [0.3, 0.4) is 0 Å². The highest BCUT2D eigenvalue weighted by Gasteiger charge is 2.22. The molecule has 2 atom stereocenters. The van der Waals surface area contributed by atoms with E-state index in [1.54, 1.807) is 37.7 Å². The maximum absolute atomic E-state index is 13.0. The fourth-order valence-corrected chi connectivity index (χ4v) is 3.91. The van der Waals surface area contributed by atoms with Gasteiger partial charge in [-0.2, -0.15) is 0 Å².